The lowest BCUT2D eigenvalue weighted by molar-refractivity contribution is 0.860. The highest BCUT2D eigenvalue weighted by Crippen LogP contribution is 1.89. The molecule has 4 nitrogen and oxygen atoms in total. The van der Waals surface area contributed by atoms with Gasteiger partial charge >= 0.3 is 0 Å². The Morgan fingerprint density at radius 3 is 3.14 bits per heavy atom. The van der Waals surface area contributed by atoms with Crippen LogP contribution in [0.15, 0.2) is 54.6 Å². The first-order valence-electron chi connectivity index (χ1n) is 4.27. The average molecular weight is 190 g/mol. The Labute approximate surface area is 83.8 Å². The predicted octanol–water partition coefficient (Wildman–Crippen LogP) is 0.809. The van der Waals surface area contributed by atoms with Crippen molar-refractivity contribution in [1.29, 1.82) is 0 Å². The molecule has 14 heavy (non-hydrogen) atoms. The number of aliphatic imine (C=N–C) groups is 1. The van der Waals surface area contributed by atoms with Crippen LogP contribution < -0.4 is 16.0 Å². The lowest BCUT2D eigenvalue weighted by Gasteiger charge is -2.13. The van der Waals surface area contributed by atoms with Crippen molar-refractivity contribution in [2.24, 2.45) is 4.99 Å². The van der Waals surface area contributed by atoms with Gasteiger partial charge in [-0.05, 0) is 18.4 Å². The first-order chi connectivity index (χ1) is 6.83. The van der Waals surface area contributed by atoms with E-state index in [2.05, 4.69) is 34.1 Å². The molecule has 1 aliphatic rings. The molecule has 0 aromatic carbocycles. The molecule has 0 aromatic rings. The smallest absolute Gasteiger partial charge is 0.129 e. The molecule has 0 radical (unpaired) electrons. The van der Waals surface area contributed by atoms with Crippen LogP contribution in [0.3, 0.4) is 0 Å². The van der Waals surface area contributed by atoms with Crippen LogP contribution in [0.2, 0.25) is 0 Å². The third kappa shape index (κ3) is 3.62. The largest absolute Gasteiger partial charge is 0.372 e. The van der Waals surface area contributed by atoms with E-state index >= 15 is 0 Å². The first-order valence-corrected chi connectivity index (χ1v) is 4.27. The van der Waals surface area contributed by atoms with E-state index in [1.54, 1.807) is 18.5 Å². The van der Waals surface area contributed by atoms with Gasteiger partial charge in [0.05, 0.1) is 0 Å². The van der Waals surface area contributed by atoms with Crippen molar-refractivity contribution in [3.63, 3.8) is 0 Å². The van der Waals surface area contributed by atoms with E-state index in [-0.39, 0.29) is 0 Å². The van der Waals surface area contributed by atoms with Crippen LogP contribution in [0.4, 0.5) is 0 Å². The van der Waals surface area contributed by atoms with Gasteiger partial charge in [-0.3, -0.25) is 0 Å². The Morgan fingerprint density at radius 1 is 1.57 bits per heavy atom. The second-order valence-corrected chi connectivity index (χ2v) is 2.58. The van der Waals surface area contributed by atoms with Crippen LogP contribution in [0, 0.1) is 0 Å². The molecule has 3 N–H and O–H groups in total. The van der Waals surface area contributed by atoms with E-state index < -0.39 is 0 Å². The lowest BCUT2D eigenvalue weighted by Crippen LogP contribution is -2.32. The van der Waals surface area contributed by atoms with Gasteiger partial charge < -0.3 is 16.0 Å². The van der Waals surface area contributed by atoms with Crippen molar-refractivity contribution in [1.82, 2.24) is 16.0 Å². The summed E-state index contributed by atoms with van der Waals surface area (Å²) in [7, 11) is 0. The van der Waals surface area contributed by atoms with Crippen LogP contribution in [0.5, 0.6) is 0 Å². The van der Waals surface area contributed by atoms with Crippen molar-refractivity contribution in [3.05, 3.63) is 49.6 Å². The Balaban J connectivity index is 2.33. The number of nitrogens with one attached hydrogen (secondary N) is 3. The summed E-state index contributed by atoms with van der Waals surface area (Å²) in [5.74, 6) is 1.51. The molecular formula is C10H14N4. The summed E-state index contributed by atoms with van der Waals surface area (Å²) in [6, 6.07) is 0. The van der Waals surface area contributed by atoms with Crippen molar-refractivity contribution in [2.75, 3.05) is 6.67 Å². The molecule has 0 saturated heterocycles. The predicted molar refractivity (Wildman–Crippen MR) is 59.3 cm³/mol. The van der Waals surface area contributed by atoms with Gasteiger partial charge in [-0.1, -0.05) is 19.2 Å². The van der Waals surface area contributed by atoms with Gasteiger partial charge in [-0.2, -0.15) is 0 Å². The number of amidine groups is 1. The Bertz CT molecular complexity index is 299. The summed E-state index contributed by atoms with van der Waals surface area (Å²) in [5, 5.41) is 8.87. The third-order valence-electron chi connectivity index (χ3n) is 1.47. The third-order valence-corrected chi connectivity index (χ3v) is 1.47. The minimum Gasteiger partial charge on any atom is -0.372 e. The normalized spacial score (nSPS) is 18.0. The van der Waals surface area contributed by atoms with Gasteiger partial charge in [0.1, 0.15) is 18.3 Å². The Kier molecular flexibility index (Phi) is 4.07. The van der Waals surface area contributed by atoms with E-state index in [4.69, 9.17) is 0 Å². The lowest BCUT2D eigenvalue weighted by atomic mass is 10.4. The minimum absolute atomic E-state index is 0.518. The number of nitrogens with zero attached hydrogens (tertiary/aromatic N) is 1. The summed E-state index contributed by atoms with van der Waals surface area (Å²) in [4.78, 5) is 4.23. The molecule has 0 saturated carbocycles. The molecule has 0 atom stereocenters. The zero-order valence-electron chi connectivity index (χ0n) is 7.96. The molecule has 1 heterocycles. The molecule has 0 aliphatic carbocycles. The van der Waals surface area contributed by atoms with Crippen molar-refractivity contribution < 1.29 is 0 Å². The first kappa shape index (κ1) is 10.1. The molecule has 0 spiro atoms. The number of allylic oxidation sites excluding steroid dienone is 2. The molecule has 1 rings (SSSR count). The average Bonchev–Trinajstić information content (AvgIpc) is 2.18. The van der Waals surface area contributed by atoms with Crippen LogP contribution in [0.25, 0.3) is 0 Å². The summed E-state index contributed by atoms with van der Waals surface area (Å²) >= 11 is 0. The maximum absolute atomic E-state index is 4.23. The second-order valence-electron chi connectivity index (χ2n) is 2.58. The highest BCUT2D eigenvalue weighted by Gasteiger charge is 1.99. The van der Waals surface area contributed by atoms with E-state index in [9.17, 15) is 0 Å². The van der Waals surface area contributed by atoms with Crippen molar-refractivity contribution >= 4 is 5.84 Å². The molecule has 4 heteroatoms. The van der Waals surface area contributed by atoms with Gasteiger partial charge in [-0.25, -0.2) is 4.99 Å². The molecule has 0 unspecified atom stereocenters. The van der Waals surface area contributed by atoms with Crippen molar-refractivity contribution in [2.45, 2.75) is 0 Å². The Hall–Kier alpha value is -1.97. The van der Waals surface area contributed by atoms with Gasteiger partial charge in [0, 0.05) is 6.20 Å². The second kappa shape index (κ2) is 5.64. The standard InChI is InChI=1S/C10H14N4/c1-3-4-6-11-8-13-10-5-7-12-9(2)14-10/h3-7,11-12H,1-2,8H2,(H,13,14)/b6-4-. The van der Waals surface area contributed by atoms with Crippen LogP contribution in [-0.2, 0) is 0 Å². The fourth-order valence-corrected chi connectivity index (χ4v) is 0.865. The van der Waals surface area contributed by atoms with Crippen LogP contribution in [0.1, 0.15) is 0 Å². The maximum Gasteiger partial charge on any atom is 0.129 e. The monoisotopic (exact) mass is 190 g/mol. The highest BCUT2D eigenvalue weighted by atomic mass is 15.2. The molecule has 0 fully saturated rings. The summed E-state index contributed by atoms with van der Waals surface area (Å²) in [5.41, 5.74) is 0. The molecule has 0 bridgehead atoms. The van der Waals surface area contributed by atoms with Gasteiger partial charge in [0.15, 0.2) is 0 Å². The summed E-state index contributed by atoms with van der Waals surface area (Å²) in [6.45, 7) is 7.79. The topological polar surface area (TPSA) is 48.5 Å². The number of hydrogen-bond donors (Lipinski definition) is 3. The van der Waals surface area contributed by atoms with Gasteiger partial charge in [0.2, 0.25) is 0 Å². The van der Waals surface area contributed by atoms with E-state index in [0.29, 0.717) is 6.67 Å². The molecular weight excluding hydrogens is 176 g/mol. The van der Waals surface area contributed by atoms with Crippen molar-refractivity contribution in [3.8, 4) is 0 Å². The quantitative estimate of drug-likeness (QED) is 0.454. The molecule has 1 aliphatic heterocycles. The minimum atomic E-state index is 0.518. The fraction of sp³-hybridized carbons (Fsp3) is 0.100. The molecule has 74 valence electrons. The van der Waals surface area contributed by atoms with Crippen LogP contribution >= 0.6 is 0 Å². The fourth-order valence-electron chi connectivity index (χ4n) is 0.865. The maximum atomic E-state index is 4.23. The molecule has 0 amide bonds. The van der Waals surface area contributed by atoms with E-state index in [1.165, 1.54) is 0 Å². The zero-order valence-corrected chi connectivity index (χ0v) is 7.96. The number of rotatable bonds is 4. The van der Waals surface area contributed by atoms with E-state index in [1.807, 2.05) is 12.2 Å². The number of hydrogen-bond acceptors (Lipinski definition) is 3. The Morgan fingerprint density at radius 2 is 2.43 bits per heavy atom. The van der Waals surface area contributed by atoms with Gasteiger partial charge in [0.25, 0.3) is 0 Å². The molecule has 0 aromatic heterocycles. The van der Waals surface area contributed by atoms with Gasteiger partial charge in [-0.15, -0.1) is 0 Å². The summed E-state index contributed by atoms with van der Waals surface area (Å²) in [6.07, 6.45) is 8.93. The van der Waals surface area contributed by atoms with E-state index in [0.717, 1.165) is 11.7 Å². The highest BCUT2D eigenvalue weighted by molar-refractivity contribution is 5.94. The zero-order chi connectivity index (χ0) is 10.2. The SMILES string of the molecule is C=C/C=C\NCN=C1C=CNC(=C)N1. The van der Waals surface area contributed by atoms with Crippen LogP contribution in [-0.4, -0.2) is 12.5 Å². The summed E-state index contributed by atoms with van der Waals surface area (Å²) < 4.78 is 0.